The van der Waals surface area contributed by atoms with E-state index in [1.807, 2.05) is 0 Å². The summed E-state index contributed by atoms with van der Waals surface area (Å²) >= 11 is 0. The Morgan fingerprint density at radius 3 is 2.50 bits per heavy atom. The monoisotopic (exact) mass is 355 g/mol. The molecule has 2 N–H and O–H groups in total. The van der Waals surface area contributed by atoms with Gasteiger partial charge in [0, 0.05) is 26.2 Å². The topological polar surface area (TPSA) is 105 Å². The standard InChI is InChI=1S/C15H21N3O5S/c1-16-14(19)15(20)17-10-11-4-3-9-18(11)24(21,22)13-7-5-12(23-2)6-8-13/h5-8,11H,3-4,9-10H2,1-2H3,(H,16,19)(H,17,20)/t11-/m0/s1. The van der Waals surface area contributed by atoms with E-state index in [1.54, 1.807) is 12.1 Å². The molecule has 0 bridgehead atoms. The van der Waals surface area contributed by atoms with Crippen molar-refractivity contribution in [2.75, 3.05) is 27.2 Å². The number of amides is 2. The molecule has 0 aliphatic carbocycles. The fraction of sp³-hybridized carbons (Fsp3) is 0.467. The van der Waals surface area contributed by atoms with Crippen LogP contribution in [-0.2, 0) is 19.6 Å². The van der Waals surface area contributed by atoms with Crippen LogP contribution in [0, 0.1) is 0 Å². The second-order valence-corrected chi connectivity index (χ2v) is 7.27. The summed E-state index contributed by atoms with van der Waals surface area (Å²) < 4.78 is 32.0. The van der Waals surface area contributed by atoms with Gasteiger partial charge in [-0.2, -0.15) is 4.31 Å². The van der Waals surface area contributed by atoms with Crippen LogP contribution >= 0.6 is 0 Å². The van der Waals surface area contributed by atoms with Crippen molar-refractivity contribution in [1.82, 2.24) is 14.9 Å². The van der Waals surface area contributed by atoms with Gasteiger partial charge in [-0.05, 0) is 37.1 Å². The number of sulfonamides is 1. The van der Waals surface area contributed by atoms with Crippen molar-refractivity contribution in [3.63, 3.8) is 0 Å². The predicted octanol–water partition coefficient (Wildman–Crippen LogP) is -0.289. The van der Waals surface area contributed by atoms with Crippen molar-refractivity contribution < 1.29 is 22.7 Å². The van der Waals surface area contributed by atoms with Gasteiger partial charge >= 0.3 is 11.8 Å². The number of rotatable bonds is 5. The quantitative estimate of drug-likeness (QED) is 0.706. The van der Waals surface area contributed by atoms with Gasteiger partial charge in [0.25, 0.3) is 0 Å². The second-order valence-electron chi connectivity index (χ2n) is 5.38. The number of carbonyl (C=O) groups excluding carboxylic acids is 2. The molecule has 1 heterocycles. The van der Waals surface area contributed by atoms with Gasteiger partial charge in [0.05, 0.1) is 12.0 Å². The van der Waals surface area contributed by atoms with Crippen molar-refractivity contribution in [2.45, 2.75) is 23.8 Å². The third-order valence-corrected chi connectivity index (χ3v) is 5.89. The van der Waals surface area contributed by atoms with Gasteiger partial charge in [0.2, 0.25) is 10.0 Å². The molecule has 2 rings (SSSR count). The van der Waals surface area contributed by atoms with Crippen LogP contribution in [0.2, 0.25) is 0 Å². The lowest BCUT2D eigenvalue weighted by atomic mass is 10.2. The zero-order valence-corrected chi connectivity index (χ0v) is 14.4. The van der Waals surface area contributed by atoms with E-state index in [0.29, 0.717) is 25.1 Å². The van der Waals surface area contributed by atoms with Crippen LogP contribution in [0.25, 0.3) is 0 Å². The summed E-state index contributed by atoms with van der Waals surface area (Å²) in [6, 6.07) is 5.79. The molecule has 8 nitrogen and oxygen atoms in total. The maximum Gasteiger partial charge on any atom is 0.309 e. The summed E-state index contributed by atoms with van der Waals surface area (Å²) in [4.78, 5) is 22.9. The summed E-state index contributed by atoms with van der Waals surface area (Å²) in [5.74, 6) is -0.950. The Balaban J connectivity index is 2.10. The Labute approximate surface area is 141 Å². The first-order valence-electron chi connectivity index (χ1n) is 7.56. The molecule has 0 radical (unpaired) electrons. The van der Waals surface area contributed by atoms with E-state index >= 15 is 0 Å². The average Bonchev–Trinajstić information content (AvgIpc) is 3.08. The minimum absolute atomic E-state index is 0.0988. The van der Waals surface area contributed by atoms with Crippen LogP contribution in [0.3, 0.4) is 0 Å². The average molecular weight is 355 g/mol. The number of methoxy groups -OCH3 is 1. The first-order valence-corrected chi connectivity index (χ1v) is 9.00. The summed E-state index contributed by atoms with van der Waals surface area (Å²) in [6.45, 7) is 0.483. The highest BCUT2D eigenvalue weighted by Gasteiger charge is 2.35. The molecule has 0 saturated carbocycles. The van der Waals surface area contributed by atoms with Gasteiger partial charge in [0.1, 0.15) is 5.75 Å². The molecule has 132 valence electrons. The molecule has 1 atom stereocenters. The van der Waals surface area contributed by atoms with Gasteiger partial charge in [-0.3, -0.25) is 9.59 Å². The Morgan fingerprint density at radius 1 is 1.25 bits per heavy atom. The SMILES string of the molecule is CNC(=O)C(=O)NC[C@@H]1CCCN1S(=O)(=O)c1ccc(OC)cc1. The van der Waals surface area contributed by atoms with E-state index in [1.165, 1.54) is 30.6 Å². The van der Waals surface area contributed by atoms with Gasteiger partial charge < -0.3 is 15.4 Å². The molecule has 24 heavy (non-hydrogen) atoms. The minimum atomic E-state index is -3.66. The Morgan fingerprint density at radius 2 is 1.92 bits per heavy atom. The van der Waals surface area contributed by atoms with Crippen LogP contribution < -0.4 is 15.4 Å². The van der Waals surface area contributed by atoms with E-state index in [2.05, 4.69) is 10.6 Å². The van der Waals surface area contributed by atoms with E-state index in [-0.39, 0.29) is 17.5 Å². The van der Waals surface area contributed by atoms with Crippen molar-refractivity contribution >= 4 is 21.8 Å². The number of hydrogen-bond donors (Lipinski definition) is 2. The normalized spacial score (nSPS) is 18.2. The van der Waals surface area contributed by atoms with Crippen LogP contribution in [0.5, 0.6) is 5.75 Å². The first kappa shape index (κ1) is 18.2. The van der Waals surface area contributed by atoms with E-state index in [4.69, 9.17) is 4.74 Å². The molecule has 1 aliphatic rings. The maximum atomic E-state index is 12.8. The van der Waals surface area contributed by atoms with Gasteiger partial charge in [0.15, 0.2) is 0 Å². The van der Waals surface area contributed by atoms with Gasteiger partial charge in [-0.1, -0.05) is 0 Å². The highest BCUT2D eigenvalue weighted by Crippen LogP contribution is 2.26. The highest BCUT2D eigenvalue weighted by atomic mass is 32.2. The van der Waals surface area contributed by atoms with E-state index < -0.39 is 21.8 Å². The molecule has 0 spiro atoms. The number of benzene rings is 1. The largest absolute Gasteiger partial charge is 0.497 e. The molecule has 1 aromatic carbocycles. The lowest BCUT2D eigenvalue weighted by Gasteiger charge is -2.24. The molecular weight excluding hydrogens is 334 g/mol. The fourth-order valence-corrected chi connectivity index (χ4v) is 4.31. The van der Waals surface area contributed by atoms with Crippen molar-refractivity contribution in [3.8, 4) is 5.75 Å². The van der Waals surface area contributed by atoms with Crippen LogP contribution in [0.15, 0.2) is 29.2 Å². The number of nitrogens with zero attached hydrogens (tertiary/aromatic N) is 1. The van der Waals surface area contributed by atoms with Gasteiger partial charge in [-0.15, -0.1) is 0 Å². The number of hydrogen-bond acceptors (Lipinski definition) is 5. The van der Waals surface area contributed by atoms with Gasteiger partial charge in [-0.25, -0.2) is 8.42 Å². The lowest BCUT2D eigenvalue weighted by molar-refractivity contribution is -0.138. The molecule has 0 aromatic heterocycles. The Bertz CT molecular complexity index is 702. The predicted molar refractivity (Wildman–Crippen MR) is 87.0 cm³/mol. The number of likely N-dealkylation sites (N-methyl/N-ethyl adjacent to an activating group) is 1. The smallest absolute Gasteiger partial charge is 0.309 e. The van der Waals surface area contributed by atoms with Crippen molar-refractivity contribution in [3.05, 3.63) is 24.3 Å². The summed E-state index contributed by atoms with van der Waals surface area (Å²) in [5.41, 5.74) is 0. The van der Waals surface area contributed by atoms with E-state index in [0.717, 1.165) is 0 Å². The molecule has 1 saturated heterocycles. The third-order valence-electron chi connectivity index (χ3n) is 3.92. The zero-order valence-electron chi connectivity index (χ0n) is 13.6. The molecule has 9 heteroatoms. The van der Waals surface area contributed by atoms with Crippen LogP contribution in [-0.4, -0.2) is 57.8 Å². The molecule has 1 fully saturated rings. The molecule has 2 amide bonds. The second kappa shape index (κ2) is 7.63. The van der Waals surface area contributed by atoms with E-state index in [9.17, 15) is 18.0 Å². The Kier molecular flexibility index (Phi) is 5.79. The highest BCUT2D eigenvalue weighted by molar-refractivity contribution is 7.89. The fourth-order valence-electron chi connectivity index (χ4n) is 2.62. The number of ether oxygens (including phenoxy) is 1. The lowest BCUT2D eigenvalue weighted by Crippen LogP contribution is -2.46. The minimum Gasteiger partial charge on any atom is -0.497 e. The summed E-state index contributed by atoms with van der Waals surface area (Å²) in [5, 5.41) is 4.69. The van der Waals surface area contributed by atoms with Crippen molar-refractivity contribution in [1.29, 1.82) is 0 Å². The number of carbonyl (C=O) groups is 2. The third kappa shape index (κ3) is 3.85. The van der Waals surface area contributed by atoms with Crippen LogP contribution in [0.1, 0.15) is 12.8 Å². The zero-order chi connectivity index (χ0) is 17.7. The molecule has 0 unspecified atom stereocenters. The summed E-state index contributed by atoms with van der Waals surface area (Å²) in [7, 11) is -0.793. The maximum absolute atomic E-state index is 12.8. The molecular formula is C15H21N3O5S. The molecule has 1 aliphatic heterocycles. The molecule has 1 aromatic rings. The first-order chi connectivity index (χ1) is 11.4. The number of nitrogens with one attached hydrogen (secondary N) is 2. The van der Waals surface area contributed by atoms with Crippen molar-refractivity contribution in [2.24, 2.45) is 0 Å². The Hall–Kier alpha value is -2.13. The van der Waals surface area contributed by atoms with Crippen LogP contribution in [0.4, 0.5) is 0 Å². The summed E-state index contributed by atoms with van der Waals surface area (Å²) in [6.07, 6.45) is 1.33.